The number of unbranched alkanes of at least 4 members (excludes halogenated alkanes) is 1. The number of carbonyl (C=O) groups is 2. The maximum atomic E-state index is 13.0. The number of hydrogen-bond acceptors (Lipinski definition) is 5. The Balaban J connectivity index is 1.24. The Labute approximate surface area is 209 Å². The van der Waals surface area contributed by atoms with Crippen LogP contribution in [0.25, 0.3) is 10.8 Å². The van der Waals surface area contributed by atoms with Crippen LogP contribution in [0.3, 0.4) is 0 Å². The molecule has 1 fully saturated rings. The number of carbonyl (C=O) groups excluding carboxylic acids is 2. The van der Waals surface area contributed by atoms with Crippen LogP contribution in [-0.2, 0) is 16.1 Å². The Bertz CT molecular complexity index is 1200. The predicted molar refractivity (Wildman–Crippen MR) is 140 cm³/mol. The van der Waals surface area contributed by atoms with Gasteiger partial charge in [0.05, 0.1) is 13.2 Å². The van der Waals surface area contributed by atoms with Crippen LogP contribution in [0.5, 0.6) is 5.75 Å². The molecule has 0 saturated carbocycles. The number of nitrogens with zero attached hydrogens (tertiary/aromatic N) is 1. The Hall–Kier alpha value is -3.39. The lowest BCUT2D eigenvalue weighted by Crippen LogP contribution is -2.48. The van der Waals surface area contributed by atoms with E-state index in [1.807, 2.05) is 37.3 Å². The number of fused-ring (bicyclic) bond motifs is 1. The van der Waals surface area contributed by atoms with Gasteiger partial charge in [-0.2, -0.15) is 0 Å². The average Bonchev–Trinajstić information content (AvgIpc) is 3.49. The van der Waals surface area contributed by atoms with Crippen molar-refractivity contribution >= 4 is 39.8 Å². The van der Waals surface area contributed by atoms with Gasteiger partial charge < -0.3 is 20.7 Å². The molecule has 1 saturated heterocycles. The molecule has 7 nitrogen and oxygen atoms in total. The smallest absolute Gasteiger partial charge is 0.243 e. The number of thiophene rings is 1. The summed E-state index contributed by atoms with van der Waals surface area (Å²) < 4.78 is 5.99. The molecule has 2 heterocycles. The quantitative estimate of drug-likeness (QED) is 0.221. The summed E-state index contributed by atoms with van der Waals surface area (Å²) in [6, 6.07) is 15.6. The molecule has 2 amide bonds. The van der Waals surface area contributed by atoms with Gasteiger partial charge in [0.15, 0.2) is 0 Å². The van der Waals surface area contributed by atoms with Crippen LogP contribution in [-0.4, -0.2) is 41.2 Å². The van der Waals surface area contributed by atoms with Gasteiger partial charge in [0.25, 0.3) is 0 Å². The first-order valence-electron chi connectivity index (χ1n) is 12.1. The first-order valence-corrected chi connectivity index (χ1v) is 12.9. The number of nitrogen functional groups attached to an aromatic ring is 1. The lowest BCUT2D eigenvalue weighted by atomic mass is 10.1. The van der Waals surface area contributed by atoms with E-state index in [9.17, 15) is 9.59 Å². The average molecular weight is 493 g/mol. The fraction of sp³-hybridized carbons (Fsp3) is 0.370. The van der Waals surface area contributed by atoms with Crippen LogP contribution in [0.15, 0.2) is 53.9 Å². The number of likely N-dealkylation sites (tertiary alicyclic amines) is 1. The van der Waals surface area contributed by atoms with E-state index in [2.05, 4.69) is 23.5 Å². The molecule has 35 heavy (non-hydrogen) atoms. The summed E-state index contributed by atoms with van der Waals surface area (Å²) >= 11 is 1.46. The Morgan fingerprint density at radius 3 is 2.77 bits per heavy atom. The van der Waals surface area contributed by atoms with Crippen LogP contribution in [0.4, 0.5) is 0 Å². The highest BCUT2D eigenvalue weighted by atomic mass is 32.1. The number of amides is 2. The minimum absolute atomic E-state index is 0.0164. The molecule has 184 valence electrons. The standard InChI is InChI=1S/C27H32N4O3S/c1-18-12-13-23(27(33)30-16-21-15-20(17-35-21)26(28)29)31(18)25(32)11-4-5-14-34-24-10-6-8-19-7-2-3-9-22(19)24/h2-3,6-10,15,17-18,23H,4-5,11-14,16H2,1H3,(H3,28,29)(H,30,33). The number of nitrogens with two attached hydrogens (primary N) is 1. The fourth-order valence-corrected chi connectivity index (χ4v) is 5.40. The van der Waals surface area contributed by atoms with E-state index in [4.69, 9.17) is 15.9 Å². The van der Waals surface area contributed by atoms with Gasteiger partial charge in [-0.1, -0.05) is 36.4 Å². The molecule has 1 aliphatic rings. The van der Waals surface area contributed by atoms with Crippen molar-refractivity contribution in [2.24, 2.45) is 5.73 Å². The highest BCUT2D eigenvalue weighted by molar-refractivity contribution is 7.10. The summed E-state index contributed by atoms with van der Waals surface area (Å²) in [5.41, 5.74) is 6.17. The van der Waals surface area contributed by atoms with Crippen molar-refractivity contribution in [2.45, 2.75) is 57.7 Å². The van der Waals surface area contributed by atoms with Gasteiger partial charge >= 0.3 is 0 Å². The lowest BCUT2D eigenvalue weighted by Gasteiger charge is -2.28. The monoisotopic (exact) mass is 492 g/mol. The Morgan fingerprint density at radius 1 is 1.17 bits per heavy atom. The van der Waals surface area contributed by atoms with Crippen molar-refractivity contribution in [3.8, 4) is 5.75 Å². The van der Waals surface area contributed by atoms with E-state index in [1.165, 1.54) is 11.3 Å². The molecule has 8 heteroatoms. The maximum Gasteiger partial charge on any atom is 0.243 e. The fourth-order valence-electron chi connectivity index (χ4n) is 4.58. The van der Waals surface area contributed by atoms with E-state index in [0.29, 0.717) is 38.0 Å². The third-order valence-corrected chi connectivity index (χ3v) is 7.39. The molecular weight excluding hydrogens is 460 g/mol. The van der Waals surface area contributed by atoms with Crippen molar-refractivity contribution in [1.29, 1.82) is 5.41 Å². The number of nitrogens with one attached hydrogen (secondary N) is 2. The van der Waals surface area contributed by atoms with Crippen LogP contribution >= 0.6 is 11.3 Å². The van der Waals surface area contributed by atoms with Crippen molar-refractivity contribution < 1.29 is 14.3 Å². The molecule has 2 atom stereocenters. The second kappa shape index (κ2) is 11.4. The molecule has 0 radical (unpaired) electrons. The van der Waals surface area contributed by atoms with Gasteiger partial charge in [0.2, 0.25) is 11.8 Å². The van der Waals surface area contributed by atoms with Gasteiger partial charge in [0.1, 0.15) is 17.6 Å². The molecule has 1 aromatic heterocycles. The summed E-state index contributed by atoms with van der Waals surface area (Å²) in [4.78, 5) is 28.6. The number of rotatable bonds is 10. The zero-order chi connectivity index (χ0) is 24.8. The highest BCUT2D eigenvalue weighted by Crippen LogP contribution is 2.27. The Morgan fingerprint density at radius 2 is 1.97 bits per heavy atom. The third-order valence-electron chi connectivity index (χ3n) is 6.45. The molecule has 2 unspecified atom stereocenters. The van der Waals surface area contributed by atoms with Gasteiger partial charge in [-0.25, -0.2) is 0 Å². The van der Waals surface area contributed by atoms with E-state index in [0.717, 1.165) is 34.2 Å². The van der Waals surface area contributed by atoms with Gasteiger partial charge in [0, 0.05) is 33.7 Å². The molecule has 4 N–H and O–H groups in total. The zero-order valence-electron chi connectivity index (χ0n) is 20.0. The highest BCUT2D eigenvalue weighted by Gasteiger charge is 2.38. The summed E-state index contributed by atoms with van der Waals surface area (Å²) in [5, 5.41) is 14.5. The molecule has 2 aromatic carbocycles. The Kier molecular flexibility index (Phi) is 8.02. The SMILES string of the molecule is CC1CCC(C(=O)NCc2cc(C(=N)N)cs2)N1C(=O)CCCCOc1cccc2ccccc12. The predicted octanol–water partition coefficient (Wildman–Crippen LogP) is 4.43. The topological polar surface area (TPSA) is 109 Å². The number of amidine groups is 1. The normalized spacial score (nSPS) is 17.5. The van der Waals surface area contributed by atoms with Crippen molar-refractivity contribution in [3.05, 3.63) is 64.4 Å². The van der Waals surface area contributed by atoms with E-state index in [1.54, 1.807) is 10.3 Å². The number of benzene rings is 2. The summed E-state index contributed by atoms with van der Waals surface area (Å²) in [6.45, 7) is 2.92. The van der Waals surface area contributed by atoms with Crippen molar-refractivity contribution in [2.75, 3.05) is 6.61 Å². The van der Waals surface area contributed by atoms with Crippen molar-refractivity contribution in [1.82, 2.24) is 10.2 Å². The molecule has 0 spiro atoms. The van der Waals surface area contributed by atoms with Crippen LogP contribution in [0, 0.1) is 5.41 Å². The van der Waals surface area contributed by atoms with Gasteiger partial charge in [-0.05, 0) is 50.1 Å². The minimum Gasteiger partial charge on any atom is -0.493 e. The molecule has 1 aliphatic heterocycles. The second-order valence-electron chi connectivity index (χ2n) is 8.96. The van der Waals surface area contributed by atoms with Gasteiger partial charge in [-0.15, -0.1) is 11.3 Å². The lowest BCUT2D eigenvalue weighted by molar-refractivity contribution is -0.140. The first-order chi connectivity index (χ1) is 16.9. The van der Waals surface area contributed by atoms with Crippen molar-refractivity contribution in [3.63, 3.8) is 0 Å². The van der Waals surface area contributed by atoms with Crippen LogP contribution in [0.1, 0.15) is 49.5 Å². The molecule has 0 aliphatic carbocycles. The molecule has 0 bridgehead atoms. The number of ether oxygens (including phenoxy) is 1. The summed E-state index contributed by atoms with van der Waals surface area (Å²) in [5.74, 6) is 0.776. The first kappa shape index (κ1) is 24.7. The van der Waals surface area contributed by atoms with Gasteiger partial charge in [-0.3, -0.25) is 15.0 Å². The molecular formula is C27H32N4O3S. The molecule has 3 aromatic rings. The molecule has 4 rings (SSSR count). The van der Waals surface area contributed by atoms with E-state index in [-0.39, 0.29) is 23.7 Å². The second-order valence-corrected chi connectivity index (χ2v) is 9.95. The zero-order valence-corrected chi connectivity index (χ0v) is 20.8. The van der Waals surface area contributed by atoms with Crippen LogP contribution in [0.2, 0.25) is 0 Å². The summed E-state index contributed by atoms with van der Waals surface area (Å²) in [6.07, 6.45) is 3.38. The van der Waals surface area contributed by atoms with Crippen LogP contribution < -0.4 is 15.8 Å². The largest absolute Gasteiger partial charge is 0.493 e. The minimum atomic E-state index is -0.434. The maximum absolute atomic E-state index is 13.0. The van der Waals surface area contributed by atoms with E-state index < -0.39 is 6.04 Å². The summed E-state index contributed by atoms with van der Waals surface area (Å²) in [7, 11) is 0. The third kappa shape index (κ3) is 6.00. The number of hydrogen-bond donors (Lipinski definition) is 3. The van der Waals surface area contributed by atoms with E-state index >= 15 is 0 Å².